The number of rotatable bonds is 6. The van der Waals surface area contributed by atoms with Gasteiger partial charge < -0.3 is 11.1 Å². The Morgan fingerprint density at radius 3 is 2.94 bits per heavy atom. The molecule has 1 aromatic rings. The number of nitrogens with zero attached hydrogens (tertiary/aromatic N) is 4. The smallest absolute Gasteiger partial charge is 0.240 e. The van der Waals surface area contributed by atoms with E-state index in [1.54, 1.807) is 12.3 Å². The first-order valence-corrected chi connectivity index (χ1v) is 6.49. The summed E-state index contributed by atoms with van der Waals surface area (Å²) in [4.78, 5) is 18.1. The van der Waals surface area contributed by atoms with Crippen molar-refractivity contribution in [3.8, 4) is 0 Å². The number of amides is 1. The van der Waals surface area contributed by atoms with Crippen molar-refractivity contribution in [3.05, 3.63) is 37.3 Å². The van der Waals surface area contributed by atoms with Gasteiger partial charge in [-0.05, 0) is 43.5 Å². The number of hydrogen-bond acceptors (Lipinski definition) is 4. The normalized spacial score (nSPS) is 11.7. The highest BCUT2D eigenvalue weighted by Crippen LogP contribution is 2.24. The largest absolute Gasteiger partial charge is 0.368 e. The Morgan fingerprint density at radius 2 is 2.39 bits per heavy atom. The van der Waals surface area contributed by atoms with Crippen LogP contribution in [0.25, 0.3) is 10.4 Å². The van der Waals surface area contributed by atoms with Gasteiger partial charge in [-0.3, -0.25) is 9.78 Å². The van der Waals surface area contributed by atoms with Gasteiger partial charge in [0, 0.05) is 33.1 Å². The summed E-state index contributed by atoms with van der Waals surface area (Å²) in [6, 6.07) is 1.04. The molecule has 0 aliphatic heterocycles. The zero-order valence-electron chi connectivity index (χ0n) is 9.18. The highest BCUT2D eigenvalue weighted by atomic mass is 79.9. The molecular weight excluding hydrogens is 368 g/mol. The van der Waals surface area contributed by atoms with Crippen LogP contribution in [0.4, 0.5) is 0 Å². The van der Waals surface area contributed by atoms with Crippen LogP contribution in [0.1, 0.15) is 11.7 Å². The summed E-state index contributed by atoms with van der Waals surface area (Å²) in [5.41, 5.74) is 14.0. The third kappa shape index (κ3) is 4.26. The molecule has 0 aromatic carbocycles. The van der Waals surface area contributed by atoms with Crippen LogP contribution in [0.5, 0.6) is 0 Å². The van der Waals surface area contributed by atoms with Crippen molar-refractivity contribution in [1.29, 1.82) is 0 Å². The molecule has 18 heavy (non-hydrogen) atoms. The molecule has 1 rings (SSSR count). The van der Waals surface area contributed by atoms with Crippen molar-refractivity contribution in [2.45, 2.75) is 6.04 Å². The lowest BCUT2D eigenvalue weighted by atomic mass is 10.2. The van der Waals surface area contributed by atoms with Crippen molar-refractivity contribution < 1.29 is 4.79 Å². The lowest BCUT2D eigenvalue weighted by Crippen LogP contribution is -2.35. The molecule has 7 nitrogen and oxygen atoms in total. The number of azide groups is 1. The van der Waals surface area contributed by atoms with Gasteiger partial charge in [-0.1, -0.05) is 5.11 Å². The molecular formula is C9H10Br2N6O. The maximum Gasteiger partial charge on any atom is 0.240 e. The molecule has 1 aromatic heterocycles. The van der Waals surface area contributed by atoms with E-state index >= 15 is 0 Å². The van der Waals surface area contributed by atoms with Crippen LogP contribution in [0.2, 0.25) is 0 Å². The van der Waals surface area contributed by atoms with Gasteiger partial charge in [-0.25, -0.2) is 0 Å². The van der Waals surface area contributed by atoms with Gasteiger partial charge in [0.2, 0.25) is 5.91 Å². The third-order valence-electron chi connectivity index (χ3n) is 2.02. The summed E-state index contributed by atoms with van der Waals surface area (Å²) in [6.45, 7) is 0.566. The second-order valence-corrected chi connectivity index (χ2v) is 5.03. The number of halogens is 2. The van der Waals surface area contributed by atoms with Gasteiger partial charge in [0.25, 0.3) is 0 Å². The van der Waals surface area contributed by atoms with Crippen LogP contribution in [0, 0.1) is 0 Å². The standard InChI is InChI=1S/C9H10Br2N6O/c10-5-3-6(11)7(15-4-5)8(9(12)18)14-1-2-16-17-13/h3-4,8,14H,1-2H2,(H2,12,18). The van der Waals surface area contributed by atoms with Gasteiger partial charge >= 0.3 is 0 Å². The summed E-state index contributed by atoms with van der Waals surface area (Å²) in [6.07, 6.45) is 1.57. The van der Waals surface area contributed by atoms with Gasteiger partial charge in [0.15, 0.2) is 0 Å². The van der Waals surface area contributed by atoms with E-state index < -0.39 is 11.9 Å². The first kappa shape index (κ1) is 14.9. The van der Waals surface area contributed by atoms with E-state index in [1.165, 1.54) is 0 Å². The molecule has 0 fully saturated rings. The Kier molecular flexibility index (Phi) is 6.06. The van der Waals surface area contributed by atoms with E-state index in [1.807, 2.05) is 0 Å². The molecule has 0 spiro atoms. The molecule has 0 bridgehead atoms. The number of carbonyl (C=O) groups excluding carboxylic acids is 1. The molecule has 3 N–H and O–H groups in total. The van der Waals surface area contributed by atoms with E-state index in [0.717, 1.165) is 4.47 Å². The molecule has 1 heterocycles. The van der Waals surface area contributed by atoms with Crippen molar-refractivity contribution in [2.24, 2.45) is 10.8 Å². The third-order valence-corrected chi connectivity index (χ3v) is 3.09. The quantitative estimate of drug-likeness (QED) is 0.341. The lowest BCUT2D eigenvalue weighted by molar-refractivity contribution is -0.120. The van der Waals surface area contributed by atoms with Crippen molar-refractivity contribution in [1.82, 2.24) is 10.3 Å². The predicted octanol–water partition coefficient (Wildman–Crippen LogP) is 2.03. The lowest BCUT2D eigenvalue weighted by Gasteiger charge is -2.15. The molecule has 0 radical (unpaired) electrons. The molecule has 9 heteroatoms. The van der Waals surface area contributed by atoms with Crippen LogP contribution >= 0.6 is 31.9 Å². The number of nitrogens with one attached hydrogen (secondary N) is 1. The number of primary amides is 1. The van der Waals surface area contributed by atoms with Crippen molar-refractivity contribution >= 4 is 37.8 Å². The molecule has 1 unspecified atom stereocenters. The first-order chi connectivity index (χ1) is 8.56. The zero-order valence-corrected chi connectivity index (χ0v) is 12.3. The van der Waals surface area contributed by atoms with Crippen molar-refractivity contribution in [2.75, 3.05) is 13.1 Å². The molecule has 0 aliphatic rings. The Bertz CT molecular complexity index is 488. The number of pyridine rings is 1. The van der Waals surface area contributed by atoms with Crippen LogP contribution in [-0.4, -0.2) is 24.0 Å². The van der Waals surface area contributed by atoms with E-state index in [-0.39, 0.29) is 6.54 Å². The average molecular weight is 378 g/mol. The molecule has 1 amide bonds. The molecule has 0 saturated heterocycles. The second kappa shape index (κ2) is 7.32. The number of nitrogens with two attached hydrogens (primary N) is 1. The predicted molar refractivity (Wildman–Crippen MR) is 73.6 cm³/mol. The highest BCUT2D eigenvalue weighted by Gasteiger charge is 2.21. The van der Waals surface area contributed by atoms with Crippen LogP contribution < -0.4 is 11.1 Å². The van der Waals surface area contributed by atoms with Gasteiger partial charge in [0.1, 0.15) is 6.04 Å². The fraction of sp³-hybridized carbons (Fsp3) is 0.333. The summed E-state index contributed by atoms with van der Waals surface area (Å²) in [7, 11) is 0. The summed E-state index contributed by atoms with van der Waals surface area (Å²) in [5, 5.41) is 6.24. The van der Waals surface area contributed by atoms with E-state index in [0.29, 0.717) is 16.7 Å². The summed E-state index contributed by atoms with van der Waals surface area (Å²) < 4.78 is 1.45. The summed E-state index contributed by atoms with van der Waals surface area (Å²) in [5.74, 6) is -0.550. The maximum absolute atomic E-state index is 11.4. The maximum atomic E-state index is 11.4. The zero-order chi connectivity index (χ0) is 13.5. The Balaban J connectivity index is 2.84. The Labute approximate surface area is 120 Å². The molecule has 0 saturated carbocycles. The summed E-state index contributed by atoms with van der Waals surface area (Å²) >= 11 is 6.59. The van der Waals surface area contributed by atoms with Crippen LogP contribution in [-0.2, 0) is 4.79 Å². The number of hydrogen-bond donors (Lipinski definition) is 2. The number of carbonyl (C=O) groups is 1. The first-order valence-electron chi connectivity index (χ1n) is 4.90. The molecule has 96 valence electrons. The van der Waals surface area contributed by atoms with E-state index in [4.69, 9.17) is 11.3 Å². The van der Waals surface area contributed by atoms with E-state index in [9.17, 15) is 4.79 Å². The average Bonchev–Trinajstić information content (AvgIpc) is 2.30. The molecule has 1 atom stereocenters. The van der Waals surface area contributed by atoms with Gasteiger partial charge in [-0.2, -0.15) is 0 Å². The van der Waals surface area contributed by atoms with Crippen molar-refractivity contribution in [3.63, 3.8) is 0 Å². The minimum absolute atomic E-state index is 0.231. The van der Waals surface area contributed by atoms with E-state index in [2.05, 4.69) is 52.2 Å². The SMILES string of the molecule is [N-]=[N+]=NCCNC(C(N)=O)c1ncc(Br)cc1Br. The topological polar surface area (TPSA) is 117 Å². The van der Waals surface area contributed by atoms with Crippen LogP contribution in [0.15, 0.2) is 26.3 Å². The minimum Gasteiger partial charge on any atom is -0.368 e. The van der Waals surface area contributed by atoms with Gasteiger partial charge in [-0.15, -0.1) is 0 Å². The minimum atomic E-state index is -0.735. The van der Waals surface area contributed by atoms with Gasteiger partial charge in [0.05, 0.1) is 5.69 Å². The monoisotopic (exact) mass is 376 g/mol. The number of aromatic nitrogens is 1. The molecule has 0 aliphatic carbocycles. The Hall–Kier alpha value is -1.15. The van der Waals surface area contributed by atoms with Crippen LogP contribution in [0.3, 0.4) is 0 Å². The second-order valence-electron chi connectivity index (χ2n) is 3.26. The highest BCUT2D eigenvalue weighted by molar-refractivity contribution is 9.11. The Morgan fingerprint density at radius 1 is 1.67 bits per heavy atom. The fourth-order valence-corrected chi connectivity index (χ4v) is 2.49. The fourth-order valence-electron chi connectivity index (χ4n) is 1.27.